The molecule has 1 aliphatic heterocycles. The number of benzene rings is 1. The zero-order valence-electron chi connectivity index (χ0n) is 8.69. The van der Waals surface area contributed by atoms with E-state index >= 15 is 0 Å². The van der Waals surface area contributed by atoms with Crippen molar-refractivity contribution in [2.24, 2.45) is 5.92 Å². The van der Waals surface area contributed by atoms with Gasteiger partial charge in [0.15, 0.2) is 0 Å². The van der Waals surface area contributed by atoms with Crippen molar-refractivity contribution in [2.75, 3.05) is 13.1 Å². The van der Waals surface area contributed by atoms with Crippen molar-refractivity contribution < 1.29 is 0 Å². The molecule has 0 saturated carbocycles. The van der Waals surface area contributed by atoms with Crippen LogP contribution in [0.4, 0.5) is 0 Å². The summed E-state index contributed by atoms with van der Waals surface area (Å²) in [5, 5.41) is 3.46. The van der Waals surface area contributed by atoms with Crippen LogP contribution >= 0.6 is 0 Å². The van der Waals surface area contributed by atoms with Gasteiger partial charge in [0.25, 0.3) is 0 Å². The summed E-state index contributed by atoms with van der Waals surface area (Å²) in [6, 6.07) is 10.8. The molecule has 2 atom stereocenters. The van der Waals surface area contributed by atoms with E-state index in [4.69, 9.17) is 0 Å². The molecule has 1 heteroatoms. The van der Waals surface area contributed by atoms with E-state index in [0.717, 1.165) is 13.1 Å². The zero-order valence-corrected chi connectivity index (χ0v) is 8.69. The van der Waals surface area contributed by atoms with Gasteiger partial charge < -0.3 is 5.32 Å². The quantitative estimate of drug-likeness (QED) is 0.729. The highest BCUT2D eigenvalue weighted by Crippen LogP contribution is 2.35. The monoisotopic (exact) mass is 197 g/mol. The SMILES string of the molecule is C1=CC(c2ccccc2)C2CNCC2=C1. The van der Waals surface area contributed by atoms with Crippen LogP contribution in [0.5, 0.6) is 0 Å². The smallest absolute Gasteiger partial charge is 0.0171 e. The van der Waals surface area contributed by atoms with Crippen LogP contribution in [-0.4, -0.2) is 13.1 Å². The predicted molar refractivity (Wildman–Crippen MR) is 62.8 cm³/mol. The molecule has 1 aromatic carbocycles. The third-order valence-corrected chi connectivity index (χ3v) is 3.42. The summed E-state index contributed by atoms with van der Waals surface area (Å²) >= 11 is 0. The van der Waals surface area contributed by atoms with E-state index in [0.29, 0.717) is 11.8 Å². The Hall–Kier alpha value is -1.34. The molecule has 15 heavy (non-hydrogen) atoms. The molecule has 0 amide bonds. The van der Waals surface area contributed by atoms with E-state index in [1.54, 1.807) is 5.57 Å². The van der Waals surface area contributed by atoms with Crippen molar-refractivity contribution in [1.82, 2.24) is 5.32 Å². The average Bonchev–Trinajstić information content (AvgIpc) is 2.78. The maximum atomic E-state index is 3.46. The summed E-state index contributed by atoms with van der Waals surface area (Å²) in [4.78, 5) is 0. The topological polar surface area (TPSA) is 12.0 Å². The Morgan fingerprint density at radius 1 is 1.13 bits per heavy atom. The molecule has 1 aromatic rings. The van der Waals surface area contributed by atoms with Crippen molar-refractivity contribution in [2.45, 2.75) is 5.92 Å². The first-order chi connectivity index (χ1) is 7.45. The Morgan fingerprint density at radius 2 is 2.00 bits per heavy atom. The highest BCUT2D eigenvalue weighted by molar-refractivity contribution is 5.36. The van der Waals surface area contributed by atoms with Gasteiger partial charge in [0.1, 0.15) is 0 Å². The first-order valence-corrected chi connectivity index (χ1v) is 5.58. The fourth-order valence-electron chi connectivity index (χ4n) is 2.63. The first-order valence-electron chi connectivity index (χ1n) is 5.58. The predicted octanol–water partition coefficient (Wildman–Crippen LogP) is 2.49. The number of allylic oxidation sites excluding steroid dienone is 3. The Morgan fingerprint density at radius 3 is 2.87 bits per heavy atom. The van der Waals surface area contributed by atoms with Gasteiger partial charge >= 0.3 is 0 Å². The second-order valence-electron chi connectivity index (χ2n) is 4.30. The molecule has 0 spiro atoms. The Labute approximate surface area is 90.5 Å². The number of hydrogen-bond acceptors (Lipinski definition) is 1. The standard InChI is InChI=1S/C14H15N/c1-2-5-11(6-3-1)13-8-4-7-12-9-15-10-14(12)13/h1-8,13-15H,9-10H2. The lowest BCUT2D eigenvalue weighted by molar-refractivity contribution is 0.583. The van der Waals surface area contributed by atoms with E-state index in [1.807, 2.05) is 0 Å². The molecular weight excluding hydrogens is 182 g/mol. The fraction of sp³-hybridized carbons (Fsp3) is 0.286. The van der Waals surface area contributed by atoms with Gasteiger partial charge in [-0.3, -0.25) is 0 Å². The Balaban J connectivity index is 1.95. The Bertz CT molecular complexity index is 403. The van der Waals surface area contributed by atoms with Gasteiger partial charge in [-0.25, -0.2) is 0 Å². The molecule has 0 radical (unpaired) electrons. The lowest BCUT2D eigenvalue weighted by Gasteiger charge is -2.24. The molecule has 76 valence electrons. The van der Waals surface area contributed by atoms with Crippen LogP contribution in [0.1, 0.15) is 11.5 Å². The summed E-state index contributed by atoms with van der Waals surface area (Å²) in [6.07, 6.45) is 6.80. The molecule has 1 saturated heterocycles. The van der Waals surface area contributed by atoms with Crippen LogP contribution in [0.3, 0.4) is 0 Å². The average molecular weight is 197 g/mol. The summed E-state index contributed by atoms with van der Waals surface area (Å²) in [5.41, 5.74) is 3.00. The molecule has 3 rings (SSSR count). The summed E-state index contributed by atoms with van der Waals surface area (Å²) in [7, 11) is 0. The van der Waals surface area contributed by atoms with E-state index in [2.05, 4.69) is 53.9 Å². The van der Waals surface area contributed by atoms with Crippen LogP contribution in [0, 0.1) is 5.92 Å². The normalized spacial score (nSPS) is 28.7. The summed E-state index contributed by atoms with van der Waals surface area (Å²) in [5.74, 6) is 1.25. The van der Waals surface area contributed by atoms with Crippen LogP contribution < -0.4 is 5.32 Å². The minimum atomic E-state index is 0.571. The number of nitrogens with one attached hydrogen (secondary N) is 1. The highest BCUT2D eigenvalue weighted by Gasteiger charge is 2.29. The largest absolute Gasteiger partial charge is 0.312 e. The lowest BCUT2D eigenvalue weighted by Crippen LogP contribution is -2.17. The molecular formula is C14H15N. The minimum Gasteiger partial charge on any atom is -0.312 e. The van der Waals surface area contributed by atoms with Gasteiger partial charge in [-0.1, -0.05) is 54.1 Å². The van der Waals surface area contributed by atoms with Crippen LogP contribution in [0.25, 0.3) is 0 Å². The maximum Gasteiger partial charge on any atom is 0.0171 e. The van der Waals surface area contributed by atoms with Gasteiger partial charge in [-0.2, -0.15) is 0 Å². The summed E-state index contributed by atoms with van der Waals surface area (Å²) < 4.78 is 0. The molecule has 1 aliphatic carbocycles. The van der Waals surface area contributed by atoms with Gasteiger partial charge in [0.05, 0.1) is 0 Å². The molecule has 0 aromatic heterocycles. The molecule has 2 unspecified atom stereocenters. The van der Waals surface area contributed by atoms with Crippen molar-refractivity contribution in [3.63, 3.8) is 0 Å². The fourth-order valence-corrected chi connectivity index (χ4v) is 2.63. The van der Waals surface area contributed by atoms with Crippen LogP contribution in [-0.2, 0) is 0 Å². The first kappa shape index (κ1) is 8.93. The lowest BCUT2D eigenvalue weighted by atomic mass is 9.80. The molecule has 1 N–H and O–H groups in total. The zero-order chi connectivity index (χ0) is 10.1. The van der Waals surface area contributed by atoms with Crippen molar-refractivity contribution in [3.05, 3.63) is 59.7 Å². The van der Waals surface area contributed by atoms with E-state index in [9.17, 15) is 0 Å². The second kappa shape index (κ2) is 3.67. The van der Waals surface area contributed by atoms with Crippen molar-refractivity contribution >= 4 is 0 Å². The van der Waals surface area contributed by atoms with Gasteiger partial charge in [0, 0.05) is 24.9 Å². The van der Waals surface area contributed by atoms with E-state index in [1.165, 1.54) is 5.56 Å². The van der Waals surface area contributed by atoms with Crippen molar-refractivity contribution in [1.29, 1.82) is 0 Å². The second-order valence-corrected chi connectivity index (χ2v) is 4.30. The van der Waals surface area contributed by atoms with Crippen LogP contribution in [0.15, 0.2) is 54.1 Å². The summed E-state index contributed by atoms with van der Waals surface area (Å²) in [6.45, 7) is 2.19. The molecule has 1 heterocycles. The van der Waals surface area contributed by atoms with Crippen molar-refractivity contribution in [3.8, 4) is 0 Å². The number of rotatable bonds is 1. The molecule has 1 nitrogen and oxygen atoms in total. The third kappa shape index (κ3) is 1.53. The molecule has 1 fully saturated rings. The number of fused-ring (bicyclic) bond motifs is 1. The third-order valence-electron chi connectivity index (χ3n) is 3.42. The molecule has 0 bridgehead atoms. The van der Waals surface area contributed by atoms with E-state index in [-0.39, 0.29) is 0 Å². The van der Waals surface area contributed by atoms with E-state index < -0.39 is 0 Å². The maximum absolute atomic E-state index is 3.46. The highest BCUT2D eigenvalue weighted by atomic mass is 14.9. The van der Waals surface area contributed by atoms with Gasteiger partial charge in [0.2, 0.25) is 0 Å². The minimum absolute atomic E-state index is 0.571. The van der Waals surface area contributed by atoms with Gasteiger partial charge in [-0.15, -0.1) is 0 Å². The number of hydrogen-bond donors (Lipinski definition) is 1. The molecule has 2 aliphatic rings. The van der Waals surface area contributed by atoms with Crippen LogP contribution in [0.2, 0.25) is 0 Å². The van der Waals surface area contributed by atoms with Gasteiger partial charge in [-0.05, 0) is 5.56 Å². The Kier molecular flexibility index (Phi) is 2.18.